The first-order chi connectivity index (χ1) is 3.41. The second-order valence-electron chi connectivity index (χ2n) is 1.00. The Bertz CT molecular complexity index is 75.7. The molecular formula is C4H10N2V. The predicted octanol–water partition coefficient (Wildman–Crippen LogP) is 1.48. The molecule has 0 spiro atoms. The first-order valence-corrected chi connectivity index (χ1v) is 3.70. The van der Waals surface area contributed by atoms with Crippen molar-refractivity contribution < 1.29 is 15.9 Å². The zero-order chi connectivity index (χ0) is 5.54. The molecule has 0 amide bonds. The summed E-state index contributed by atoms with van der Waals surface area (Å²) < 4.78 is 8.18. The summed E-state index contributed by atoms with van der Waals surface area (Å²) in [6, 6.07) is 0. The Kier molecular flexibility index (Phi) is 6.35. The summed E-state index contributed by atoms with van der Waals surface area (Å²) in [6.07, 6.45) is 0. The SMILES string of the molecule is CC[N]=[V]=[N]CC. The molecule has 0 N–H and O–H groups in total. The summed E-state index contributed by atoms with van der Waals surface area (Å²) in [5.74, 6) is 0. The molecule has 0 aliphatic carbocycles. The van der Waals surface area contributed by atoms with E-state index in [1.807, 2.05) is 13.8 Å². The van der Waals surface area contributed by atoms with Crippen molar-refractivity contribution in [1.29, 1.82) is 0 Å². The van der Waals surface area contributed by atoms with Gasteiger partial charge in [-0.3, -0.25) is 0 Å². The van der Waals surface area contributed by atoms with Crippen LogP contribution >= 0.6 is 0 Å². The Hall–Kier alpha value is 0.184. The van der Waals surface area contributed by atoms with Gasteiger partial charge in [-0.15, -0.1) is 0 Å². The van der Waals surface area contributed by atoms with E-state index < -0.39 is 0 Å². The third-order valence-corrected chi connectivity index (χ3v) is 1.69. The average molecular weight is 137 g/mol. The van der Waals surface area contributed by atoms with Crippen LogP contribution in [0, 0.1) is 0 Å². The van der Waals surface area contributed by atoms with Crippen LogP contribution in [0.2, 0.25) is 0 Å². The molecule has 0 aromatic heterocycles. The van der Waals surface area contributed by atoms with Gasteiger partial charge in [-0.05, 0) is 0 Å². The summed E-state index contributed by atoms with van der Waals surface area (Å²) in [5.41, 5.74) is 0. The second-order valence-corrected chi connectivity index (χ2v) is 2.17. The van der Waals surface area contributed by atoms with E-state index in [9.17, 15) is 0 Å². The van der Waals surface area contributed by atoms with Crippen molar-refractivity contribution in [3.05, 3.63) is 0 Å². The molecule has 0 bridgehead atoms. The van der Waals surface area contributed by atoms with E-state index in [2.05, 4.69) is 7.58 Å². The van der Waals surface area contributed by atoms with Crippen LogP contribution in [0.15, 0.2) is 7.58 Å². The third kappa shape index (κ3) is 6.18. The predicted molar refractivity (Wildman–Crippen MR) is 25.9 cm³/mol. The van der Waals surface area contributed by atoms with Crippen molar-refractivity contribution in [2.24, 2.45) is 7.58 Å². The molecule has 0 aliphatic rings. The second kappa shape index (κ2) is 6.18. The van der Waals surface area contributed by atoms with Gasteiger partial charge in [0.2, 0.25) is 0 Å². The van der Waals surface area contributed by atoms with E-state index >= 15 is 0 Å². The Morgan fingerprint density at radius 3 is 1.86 bits per heavy atom. The Morgan fingerprint density at radius 1 is 1.14 bits per heavy atom. The van der Waals surface area contributed by atoms with Crippen LogP contribution in [0.1, 0.15) is 13.8 Å². The summed E-state index contributed by atoms with van der Waals surface area (Å²) in [6.45, 7) is 5.95. The van der Waals surface area contributed by atoms with Gasteiger partial charge in [0.15, 0.2) is 0 Å². The molecule has 0 fully saturated rings. The zero-order valence-electron chi connectivity index (χ0n) is 4.76. The molecule has 0 aromatic rings. The van der Waals surface area contributed by atoms with Crippen molar-refractivity contribution in [3.63, 3.8) is 0 Å². The van der Waals surface area contributed by atoms with Crippen molar-refractivity contribution in [2.45, 2.75) is 13.8 Å². The van der Waals surface area contributed by atoms with Crippen LogP contribution < -0.4 is 0 Å². The Morgan fingerprint density at radius 2 is 1.57 bits per heavy atom. The molecule has 0 aromatic carbocycles. The van der Waals surface area contributed by atoms with Gasteiger partial charge >= 0.3 is 50.4 Å². The number of nitrogens with zero attached hydrogens (tertiary/aromatic N) is 2. The van der Waals surface area contributed by atoms with Gasteiger partial charge in [0.05, 0.1) is 0 Å². The molecule has 7 heavy (non-hydrogen) atoms. The Balaban J connectivity index is 3.21. The maximum absolute atomic E-state index is 4.09. The molecule has 0 unspecified atom stereocenters. The van der Waals surface area contributed by atoms with Gasteiger partial charge in [-0.1, -0.05) is 0 Å². The molecule has 0 aliphatic heterocycles. The minimum atomic E-state index is -0.00521. The fourth-order valence-electron chi connectivity index (χ4n) is 0.171. The molecule has 0 radical (unpaired) electrons. The summed E-state index contributed by atoms with van der Waals surface area (Å²) in [4.78, 5) is 0. The van der Waals surface area contributed by atoms with E-state index in [0.29, 0.717) is 0 Å². The minimum absolute atomic E-state index is 0.00521. The van der Waals surface area contributed by atoms with Crippen LogP contribution in [-0.4, -0.2) is 13.1 Å². The Labute approximate surface area is 51.0 Å². The summed E-state index contributed by atoms with van der Waals surface area (Å²) >= 11 is -0.00521. The standard InChI is InChI=1S/2C2H5N.V/c2*1-2-3;/h2*2H2,1H3;. The monoisotopic (exact) mass is 137 g/mol. The number of hydrogen-bond donors (Lipinski definition) is 0. The van der Waals surface area contributed by atoms with Crippen LogP contribution in [0.5, 0.6) is 0 Å². The molecule has 0 heterocycles. The average Bonchev–Trinajstić information content (AvgIpc) is 1.69. The maximum atomic E-state index is 4.09. The van der Waals surface area contributed by atoms with E-state index in [1.54, 1.807) is 0 Å². The van der Waals surface area contributed by atoms with Crippen LogP contribution in [0.4, 0.5) is 0 Å². The van der Waals surface area contributed by atoms with E-state index in [1.165, 1.54) is 0 Å². The van der Waals surface area contributed by atoms with Crippen LogP contribution in [0.25, 0.3) is 0 Å². The van der Waals surface area contributed by atoms with Crippen molar-refractivity contribution in [2.75, 3.05) is 13.1 Å². The van der Waals surface area contributed by atoms with Gasteiger partial charge in [-0.25, -0.2) is 0 Å². The molecule has 0 saturated carbocycles. The topological polar surface area (TPSA) is 24.7 Å². The normalized spacial score (nSPS) is 7.14. The number of rotatable bonds is 2. The molecule has 2 nitrogen and oxygen atoms in total. The molecule has 0 atom stereocenters. The molecule has 3 heteroatoms. The quantitative estimate of drug-likeness (QED) is 0.550. The summed E-state index contributed by atoms with van der Waals surface area (Å²) in [5, 5.41) is 0. The van der Waals surface area contributed by atoms with Crippen molar-refractivity contribution >= 4 is 0 Å². The van der Waals surface area contributed by atoms with E-state index in [-0.39, 0.29) is 15.9 Å². The fourth-order valence-corrected chi connectivity index (χ4v) is 0.706. The summed E-state index contributed by atoms with van der Waals surface area (Å²) in [7, 11) is 0. The van der Waals surface area contributed by atoms with Gasteiger partial charge in [-0.2, -0.15) is 0 Å². The third-order valence-electron chi connectivity index (χ3n) is 0.409. The first-order valence-electron chi connectivity index (χ1n) is 2.45. The zero-order valence-corrected chi connectivity index (χ0v) is 6.15. The van der Waals surface area contributed by atoms with Crippen LogP contribution in [0.3, 0.4) is 0 Å². The van der Waals surface area contributed by atoms with Gasteiger partial charge in [0.1, 0.15) is 0 Å². The van der Waals surface area contributed by atoms with Gasteiger partial charge < -0.3 is 0 Å². The van der Waals surface area contributed by atoms with E-state index in [4.69, 9.17) is 0 Å². The van der Waals surface area contributed by atoms with Crippen molar-refractivity contribution in [1.82, 2.24) is 0 Å². The van der Waals surface area contributed by atoms with Crippen LogP contribution in [-0.2, 0) is 15.9 Å². The van der Waals surface area contributed by atoms with Gasteiger partial charge in [0.25, 0.3) is 0 Å². The number of hydrogen-bond acceptors (Lipinski definition) is 2. The molecule has 0 rings (SSSR count). The molecule has 41 valence electrons. The van der Waals surface area contributed by atoms with E-state index in [0.717, 1.165) is 13.1 Å². The fraction of sp³-hybridized carbons (Fsp3) is 1.00. The van der Waals surface area contributed by atoms with Crippen molar-refractivity contribution in [3.8, 4) is 0 Å². The molecular weight excluding hydrogens is 127 g/mol. The molecule has 0 saturated heterocycles. The van der Waals surface area contributed by atoms with Gasteiger partial charge in [0, 0.05) is 0 Å². The first kappa shape index (κ1) is 7.18.